The van der Waals surface area contributed by atoms with Gasteiger partial charge >= 0.3 is 5.97 Å². The summed E-state index contributed by atoms with van der Waals surface area (Å²) in [6, 6.07) is 7.50. The third-order valence-electron chi connectivity index (χ3n) is 3.86. The number of fused-ring (bicyclic) bond motifs is 1. The summed E-state index contributed by atoms with van der Waals surface area (Å²) in [6.07, 6.45) is 2.98. The Hall–Kier alpha value is -1.81. The second-order valence-corrected chi connectivity index (χ2v) is 5.59. The zero-order valence-corrected chi connectivity index (χ0v) is 12.5. The fourth-order valence-electron chi connectivity index (χ4n) is 2.31. The second-order valence-electron chi connectivity index (χ2n) is 5.23. The molecule has 1 aromatic heterocycles. The summed E-state index contributed by atoms with van der Waals surface area (Å²) < 4.78 is 10.5. The van der Waals surface area contributed by atoms with Gasteiger partial charge in [-0.15, -0.1) is 0 Å². The lowest BCUT2D eigenvalue weighted by Crippen LogP contribution is -2.24. The number of pyridine rings is 1. The lowest BCUT2D eigenvalue weighted by atomic mass is 9.86. The Morgan fingerprint density at radius 1 is 1.38 bits per heavy atom. The zero-order valence-electron chi connectivity index (χ0n) is 11.8. The van der Waals surface area contributed by atoms with Crippen LogP contribution in [0.2, 0.25) is 5.15 Å². The van der Waals surface area contributed by atoms with Crippen molar-refractivity contribution in [2.75, 3.05) is 7.11 Å². The fourth-order valence-corrected chi connectivity index (χ4v) is 2.51. The number of carbonyl (C=O) groups is 1. The van der Waals surface area contributed by atoms with Crippen LogP contribution in [0.15, 0.2) is 24.3 Å². The molecule has 5 heteroatoms. The van der Waals surface area contributed by atoms with Gasteiger partial charge < -0.3 is 9.47 Å². The molecule has 21 heavy (non-hydrogen) atoms. The topological polar surface area (TPSA) is 48.4 Å². The number of ether oxygens (including phenoxy) is 2. The first kappa shape index (κ1) is 14.1. The van der Waals surface area contributed by atoms with E-state index in [0.717, 1.165) is 41.5 Å². The summed E-state index contributed by atoms with van der Waals surface area (Å²) in [4.78, 5) is 16.1. The number of aromatic nitrogens is 1. The van der Waals surface area contributed by atoms with E-state index in [1.165, 1.54) is 0 Å². The maximum absolute atomic E-state index is 11.8. The van der Waals surface area contributed by atoms with E-state index in [4.69, 9.17) is 21.1 Å². The van der Waals surface area contributed by atoms with Crippen LogP contribution in [-0.2, 0) is 16.1 Å². The van der Waals surface area contributed by atoms with Crippen LogP contribution in [0.4, 0.5) is 0 Å². The molecule has 3 rings (SSSR count). The molecule has 110 valence electrons. The monoisotopic (exact) mass is 305 g/mol. The maximum Gasteiger partial charge on any atom is 0.309 e. The summed E-state index contributed by atoms with van der Waals surface area (Å²) in [6.45, 7) is 0.170. The van der Waals surface area contributed by atoms with Crippen LogP contribution in [0.5, 0.6) is 5.75 Å². The average molecular weight is 306 g/mol. The van der Waals surface area contributed by atoms with Crippen LogP contribution in [-0.4, -0.2) is 18.1 Å². The van der Waals surface area contributed by atoms with Gasteiger partial charge in [0.05, 0.1) is 18.5 Å². The lowest BCUT2D eigenvalue weighted by Gasteiger charge is -2.23. The van der Waals surface area contributed by atoms with E-state index >= 15 is 0 Å². The highest BCUT2D eigenvalue weighted by atomic mass is 35.5. The third-order valence-corrected chi connectivity index (χ3v) is 4.19. The van der Waals surface area contributed by atoms with Crippen molar-refractivity contribution in [3.05, 3.63) is 35.0 Å². The molecule has 1 fully saturated rings. The lowest BCUT2D eigenvalue weighted by molar-refractivity contribution is -0.152. The molecule has 1 saturated carbocycles. The number of hydrogen-bond donors (Lipinski definition) is 0. The molecule has 0 bridgehead atoms. The Morgan fingerprint density at radius 3 is 2.86 bits per heavy atom. The summed E-state index contributed by atoms with van der Waals surface area (Å²) in [7, 11) is 1.61. The molecule has 1 aromatic carbocycles. The molecule has 0 radical (unpaired) electrons. The van der Waals surface area contributed by atoms with E-state index in [9.17, 15) is 4.79 Å². The molecule has 0 aliphatic heterocycles. The Morgan fingerprint density at radius 2 is 2.19 bits per heavy atom. The number of rotatable bonds is 4. The Balaban J connectivity index is 1.78. The molecule has 0 amide bonds. The van der Waals surface area contributed by atoms with Gasteiger partial charge in [-0.05, 0) is 31.0 Å². The van der Waals surface area contributed by atoms with E-state index in [0.29, 0.717) is 5.15 Å². The van der Waals surface area contributed by atoms with Gasteiger partial charge in [-0.25, -0.2) is 4.98 Å². The Bertz CT molecular complexity index is 683. The van der Waals surface area contributed by atoms with Gasteiger partial charge in [-0.1, -0.05) is 18.0 Å². The molecule has 2 aromatic rings. The molecule has 1 aliphatic rings. The zero-order chi connectivity index (χ0) is 14.8. The van der Waals surface area contributed by atoms with E-state index in [-0.39, 0.29) is 18.5 Å². The number of nitrogens with zero attached hydrogens (tertiary/aromatic N) is 1. The smallest absolute Gasteiger partial charge is 0.309 e. The van der Waals surface area contributed by atoms with Crippen LogP contribution < -0.4 is 4.74 Å². The number of esters is 1. The first-order valence-corrected chi connectivity index (χ1v) is 7.35. The quantitative estimate of drug-likeness (QED) is 0.638. The number of hydrogen-bond acceptors (Lipinski definition) is 4. The van der Waals surface area contributed by atoms with Crippen LogP contribution in [0.3, 0.4) is 0 Å². The maximum atomic E-state index is 11.8. The van der Waals surface area contributed by atoms with Crippen molar-refractivity contribution in [2.24, 2.45) is 5.92 Å². The molecule has 0 unspecified atom stereocenters. The minimum absolute atomic E-state index is 0.0708. The number of methoxy groups -OCH3 is 1. The first-order valence-electron chi connectivity index (χ1n) is 6.97. The fraction of sp³-hybridized carbons (Fsp3) is 0.375. The van der Waals surface area contributed by atoms with Crippen molar-refractivity contribution < 1.29 is 14.3 Å². The SMILES string of the molecule is COc1ccc2cc(COC(=O)C3CCC3)c(Cl)nc2c1. The van der Waals surface area contributed by atoms with Gasteiger partial charge in [0.15, 0.2) is 0 Å². The number of benzene rings is 1. The van der Waals surface area contributed by atoms with E-state index in [1.807, 2.05) is 24.3 Å². The van der Waals surface area contributed by atoms with Crippen molar-refractivity contribution >= 4 is 28.5 Å². The van der Waals surface area contributed by atoms with Gasteiger partial charge in [0.2, 0.25) is 0 Å². The minimum Gasteiger partial charge on any atom is -0.497 e. The Labute approximate surface area is 128 Å². The van der Waals surface area contributed by atoms with Crippen molar-refractivity contribution in [2.45, 2.75) is 25.9 Å². The highest BCUT2D eigenvalue weighted by Crippen LogP contribution is 2.29. The number of halogens is 1. The van der Waals surface area contributed by atoms with E-state index in [2.05, 4.69) is 4.98 Å². The predicted molar refractivity (Wildman–Crippen MR) is 80.4 cm³/mol. The van der Waals surface area contributed by atoms with Crippen molar-refractivity contribution in [1.29, 1.82) is 0 Å². The second kappa shape index (κ2) is 5.90. The van der Waals surface area contributed by atoms with Crippen LogP contribution in [0.1, 0.15) is 24.8 Å². The normalized spacial score (nSPS) is 14.8. The molecule has 0 N–H and O–H groups in total. The summed E-state index contributed by atoms with van der Waals surface area (Å²) in [5.74, 6) is 0.670. The molecule has 0 saturated heterocycles. The molecule has 1 aliphatic carbocycles. The first-order chi connectivity index (χ1) is 10.2. The third kappa shape index (κ3) is 2.95. The van der Waals surface area contributed by atoms with E-state index < -0.39 is 0 Å². The number of carbonyl (C=O) groups excluding carboxylic acids is 1. The molecule has 4 nitrogen and oxygen atoms in total. The van der Waals surface area contributed by atoms with E-state index in [1.54, 1.807) is 7.11 Å². The van der Waals surface area contributed by atoms with Crippen LogP contribution in [0.25, 0.3) is 10.9 Å². The standard InChI is InChI=1S/C16H16ClNO3/c1-20-13-6-5-11-7-12(15(17)18-14(11)8-13)9-21-16(19)10-3-2-4-10/h5-8,10H,2-4,9H2,1H3. The molecule has 0 atom stereocenters. The average Bonchev–Trinajstić information content (AvgIpc) is 2.42. The van der Waals surface area contributed by atoms with Crippen molar-refractivity contribution in [3.63, 3.8) is 0 Å². The van der Waals surface area contributed by atoms with Gasteiger partial charge in [-0.2, -0.15) is 0 Å². The molecule has 1 heterocycles. The summed E-state index contributed by atoms with van der Waals surface area (Å²) in [5, 5.41) is 1.30. The van der Waals surface area contributed by atoms with Gasteiger partial charge in [0.1, 0.15) is 17.5 Å². The predicted octanol–water partition coefficient (Wildman–Crippen LogP) is 3.74. The van der Waals surface area contributed by atoms with Crippen molar-refractivity contribution in [1.82, 2.24) is 4.98 Å². The Kier molecular flexibility index (Phi) is 3.97. The summed E-state index contributed by atoms with van der Waals surface area (Å²) in [5.41, 5.74) is 1.48. The molecule has 0 spiro atoms. The van der Waals surface area contributed by atoms with Crippen molar-refractivity contribution in [3.8, 4) is 5.75 Å². The van der Waals surface area contributed by atoms with Gasteiger partial charge in [0, 0.05) is 17.0 Å². The molecular weight excluding hydrogens is 290 g/mol. The van der Waals surface area contributed by atoms with Gasteiger partial charge in [-0.3, -0.25) is 4.79 Å². The minimum atomic E-state index is -0.132. The highest BCUT2D eigenvalue weighted by molar-refractivity contribution is 6.30. The van der Waals surface area contributed by atoms with Crippen LogP contribution in [0, 0.1) is 5.92 Å². The molecular formula is C16H16ClNO3. The summed E-state index contributed by atoms with van der Waals surface area (Å²) >= 11 is 6.17. The van der Waals surface area contributed by atoms with Crippen LogP contribution >= 0.6 is 11.6 Å². The highest BCUT2D eigenvalue weighted by Gasteiger charge is 2.26. The van der Waals surface area contributed by atoms with Gasteiger partial charge in [0.25, 0.3) is 0 Å². The largest absolute Gasteiger partial charge is 0.497 e.